The second kappa shape index (κ2) is 4.84. The highest BCUT2D eigenvalue weighted by atomic mass is 79.9. The lowest BCUT2D eigenvalue weighted by molar-refractivity contribution is -0.137. The van der Waals surface area contributed by atoms with Gasteiger partial charge in [-0.05, 0) is 11.9 Å². The molecular formula is C5H7BrO2. The molecule has 0 aliphatic rings. The smallest absolute Gasteiger partial charge is 0.331 e. The zero-order chi connectivity index (χ0) is 6.41. The van der Waals surface area contributed by atoms with Crippen LogP contribution in [0.4, 0.5) is 0 Å². The number of carbonyl (C=O) groups is 1. The Balaban J connectivity index is 3.33. The van der Waals surface area contributed by atoms with Crippen molar-refractivity contribution in [2.45, 2.75) is 6.92 Å². The molecule has 0 unspecified atom stereocenters. The number of hydrogen-bond donors (Lipinski definition) is 0. The van der Waals surface area contributed by atoms with Gasteiger partial charge in [0.15, 0.2) is 0 Å². The lowest BCUT2D eigenvalue weighted by atomic mass is 10.6. The fraction of sp³-hybridized carbons (Fsp3) is 0.400. The molecule has 0 saturated heterocycles. The van der Waals surface area contributed by atoms with Gasteiger partial charge in [0.05, 0.1) is 6.61 Å². The Kier molecular flexibility index (Phi) is 4.65. The molecule has 0 fully saturated rings. The summed E-state index contributed by atoms with van der Waals surface area (Å²) in [6.45, 7) is 2.19. The van der Waals surface area contributed by atoms with E-state index in [2.05, 4.69) is 20.7 Å². The van der Waals surface area contributed by atoms with Crippen LogP contribution in [0.25, 0.3) is 0 Å². The van der Waals surface area contributed by atoms with Crippen LogP contribution < -0.4 is 0 Å². The minimum absolute atomic E-state index is 0.315. The predicted octanol–water partition coefficient (Wildman–Crippen LogP) is 1.46. The third-order valence-corrected chi connectivity index (χ3v) is 0.750. The molecule has 0 radical (unpaired) electrons. The van der Waals surface area contributed by atoms with Crippen LogP contribution in [-0.4, -0.2) is 12.6 Å². The van der Waals surface area contributed by atoms with Crippen molar-refractivity contribution in [2.75, 3.05) is 6.61 Å². The van der Waals surface area contributed by atoms with Crippen LogP contribution in [-0.2, 0) is 9.53 Å². The van der Waals surface area contributed by atoms with Gasteiger partial charge in [-0.15, -0.1) is 0 Å². The van der Waals surface area contributed by atoms with Gasteiger partial charge in [-0.3, -0.25) is 0 Å². The molecule has 2 nitrogen and oxygen atoms in total. The molecule has 0 heterocycles. The third kappa shape index (κ3) is 3.87. The molecule has 0 aliphatic heterocycles. The topological polar surface area (TPSA) is 26.3 Å². The van der Waals surface area contributed by atoms with Crippen LogP contribution >= 0.6 is 15.9 Å². The number of hydrogen-bond acceptors (Lipinski definition) is 2. The van der Waals surface area contributed by atoms with Crippen LogP contribution in [0.15, 0.2) is 11.1 Å². The monoisotopic (exact) mass is 178 g/mol. The van der Waals surface area contributed by atoms with Crippen molar-refractivity contribution in [3.8, 4) is 0 Å². The van der Waals surface area contributed by atoms with Gasteiger partial charge in [0.25, 0.3) is 0 Å². The highest BCUT2D eigenvalue weighted by Crippen LogP contribution is 1.85. The highest BCUT2D eigenvalue weighted by molar-refractivity contribution is 9.11. The summed E-state index contributed by atoms with van der Waals surface area (Å²) in [4.78, 5) is 11.8. The number of rotatable bonds is 2. The quantitative estimate of drug-likeness (QED) is 0.473. The summed E-state index contributed by atoms with van der Waals surface area (Å²) < 4.78 is 4.53. The van der Waals surface area contributed by atoms with Crippen LogP contribution in [0, 0.1) is 0 Å². The lowest BCUT2D eigenvalue weighted by Crippen LogP contribution is -1.97. The second-order valence-corrected chi connectivity index (χ2v) is 1.57. The van der Waals surface area contributed by atoms with E-state index < -0.39 is 0 Å². The Morgan fingerprint density at radius 1 is 1.88 bits per heavy atom. The lowest BCUT2D eigenvalue weighted by Gasteiger charge is -1.91. The first-order valence-electron chi connectivity index (χ1n) is 2.24. The molecule has 8 heavy (non-hydrogen) atoms. The van der Waals surface area contributed by atoms with Gasteiger partial charge < -0.3 is 4.74 Å². The fourth-order valence-corrected chi connectivity index (χ4v) is 0.458. The predicted molar refractivity (Wildman–Crippen MR) is 34.7 cm³/mol. The van der Waals surface area contributed by atoms with E-state index >= 15 is 0 Å². The minimum Gasteiger partial charge on any atom is -0.463 e. The summed E-state index contributed by atoms with van der Waals surface area (Å²) in [5.41, 5.74) is 0. The van der Waals surface area contributed by atoms with E-state index in [1.54, 1.807) is 6.92 Å². The molecule has 0 aromatic rings. The molecule has 46 valence electrons. The van der Waals surface area contributed by atoms with Crippen molar-refractivity contribution >= 4 is 21.9 Å². The third-order valence-electron chi connectivity index (χ3n) is 0.486. The maximum absolute atomic E-state index is 10.3. The number of esters is 1. The van der Waals surface area contributed by atoms with Gasteiger partial charge >= 0.3 is 5.97 Å². The van der Waals surface area contributed by atoms with Crippen LogP contribution in [0.5, 0.6) is 0 Å². The number of halogens is 1. The fourth-order valence-electron chi connectivity index (χ4n) is 0.242. The van der Waals surface area contributed by atoms with Gasteiger partial charge in [-0.2, -0.15) is 0 Å². The molecule has 0 aromatic carbocycles. The van der Waals surface area contributed by atoms with Crippen molar-refractivity contribution < 1.29 is 9.53 Å². The Morgan fingerprint density at radius 2 is 2.50 bits per heavy atom. The maximum atomic E-state index is 10.3. The molecule has 0 saturated carbocycles. The van der Waals surface area contributed by atoms with Gasteiger partial charge in [-0.1, -0.05) is 15.9 Å². The molecule has 0 atom stereocenters. The summed E-state index contributed by atoms with van der Waals surface area (Å²) in [5, 5.41) is 0. The van der Waals surface area contributed by atoms with Crippen molar-refractivity contribution in [1.82, 2.24) is 0 Å². The summed E-state index contributed by atoms with van der Waals surface area (Å²) in [7, 11) is 0. The Morgan fingerprint density at radius 3 is 2.88 bits per heavy atom. The average molecular weight is 179 g/mol. The maximum Gasteiger partial charge on any atom is 0.331 e. The molecule has 0 rings (SSSR count). The molecule has 0 bridgehead atoms. The molecule has 0 aromatic heterocycles. The van der Waals surface area contributed by atoms with Gasteiger partial charge in [-0.25, -0.2) is 4.79 Å². The largest absolute Gasteiger partial charge is 0.463 e. The van der Waals surface area contributed by atoms with Gasteiger partial charge in [0, 0.05) is 6.08 Å². The summed E-state index contributed by atoms with van der Waals surface area (Å²) in [6.07, 6.45) is 1.31. The molecule has 0 N–H and O–H groups in total. The van der Waals surface area contributed by atoms with Crippen LogP contribution in [0.1, 0.15) is 6.92 Å². The SMILES string of the molecule is CCOC(=O)/C=C\Br. The van der Waals surface area contributed by atoms with Crippen molar-refractivity contribution in [3.05, 3.63) is 11.1 Å². The zero-order valence-electron chi connectivity index (χ0n) is 4.56. The van der Waals surface area contributed by atoms with Crippen LogP contribution in [0.3, 0.4) is 0 Å². The van der Waals surface area contributed by atoms with Crippen molar-refractivity contribution in [2.24, 2.45) is 0 Å². The van der Waals surface area contributed by atoms with E-state index in [1.165, 1.54) is 11.1 Å². The Labute approximate surface area is 56.7 Å². The summed E-state index contributed by atoms with van der Waals surface area (Å²) >= 11 is 2.94. The van der Waals surface area contributed by atoms with E-state index in [1.807, 2.05) is 0 Å². The van der Waals surface area contributed by atoms with E-state index in [0.717, 1.165) is 0 Å². The first-order chi connectivity index (χ1) is 3.81. The van der Waals surface area contributed by atoms with Gasteiger partial charge in [0.2, 0.25) is 0 Å². The van der Waals surface area contributed by atoms with E-state index in [4.69, 9.17) is 0 Å². The zero-order valence-corrected chi connectivity index (χ0v) is 6.14. The number of ether oxygens (including phenoxy) is 1. The van der Waals surface area contributed by atoms with E-state index in [9.17, 15) is 4.79 Å². The summed E-state index contributed by atoms with van der Waals surface area (Å²) in [5.74, 6) is -0.315. The first kappa shape index (κ1) is 7.69. The molecule has 0 aliphatic carbocycles. The van der Waals surface area contributed by atoms with Crippen molar-refractivity contribution in [3.63, 3.8) is 0 Å². The molecule has 0 spiro atoms. The molecule has 0 amide bonds. The minimum atomic E-state index is -0.315. The van der Waals surface area contributed by atoms with Crippen LogP contribution in [0.2, 0.25) is 0 Å². The second-order valence-electron chi connectivity index (χ2n) is 1.04. The van der Waals surface area contributed by atoms with Gasteiger partial charge in [0.1, 0.15) is 0 Å². The van der Waals surface area contributed by atoms with Crippen molar-refractivity contribution in [1.29, 1.82) is 0 Å². The Hall–Kier alpha value is -0.310. The average Bonchev–Trinajstić information content (AvgIpc) is 1.68. The molecular weight excluding hydrogens is 172 g/mol. The normalized spacial score (nSPS) is 9.75. The Bertz CT molecular complexity index is 98.6. The standard InChI is InChI=1S/C5H7BrO2/c1-2-8-5(7)3-4-6/h3-4H,2H2,1H3/b4-3-. The molecule has 3 heteroatoms. The number of carbonyl (C=O) groups excluding carboxylic acids is 1. The van der Waals surface area contributed by atoms with E-state index in [-0.39, 0.29) is 5.97 Å². The van der Waals surface area contributed by atoms with E-state index in [0.29, 0.717) is 6.61 Å². The highest BCUT2D eigenvalue weighted by Gasteiger charge is 1.88. The first-order valence-corrected chi connectivity index (χ1v) is 3.16. The summed E-state index contributed by atoms with van der Waals surface area (Å²) in [6, 6.07) is 0.